The van der Waals surface area contributed by atoms with Crippen LogP contribution in [0.5, 0.6) is 0 Å². The summed E-state index contributed by atoms with van der Waals surface area (Å²) in [5.74, 6) is 0. The molecule has 0 amide bonds. The first-order valence-electron chi connectivity index (χ1n) is 12.7. The summed E-state index contributed by atoms with van der Waals surface area (Å²) in [5.41, 5.74) is -6.09. The fourth-order valence-corrected chi connectivity index (χ4v) is 18.7. The average Bonchev–Trinajstić information content (AvgIpc) is 2.95. The SMILES string of the molecule is [CH3][Pd]([O]S(=O)(=O)C(F)(F)F)[CH](P(c1ccccc1)c1ccccc1)C(C)(C)CP(c1ccccc1)c1ccccc1. The van der Waals surface area contributed by atoms with Crippen molar-refractivity contribution in [3.8, 4) is 0 Å². The van der Waals surface area contributed by atoms with Crippen LogP contribution in [0.1, 0.15) is 13.8 Å². The summed E-state index contributed by atoms with van der Waals surface area (Å²) in [6, 6.07) is 39.6. The second kappa shape index (κ2) is 13.6. The summed E-state index contributed by atoms with van der Waals surface area (Å²) in [6.45, 7) is 4.11. The molecule has 0 saturated heterocycles. The van der Waals surface area contributed by atoms with E-state index in [0.29, 0.717) is 6.16 Å². The van der Waals surface area contributed by atoms with E-state index in [1.165, 1.54) is 0 Å². The molecule has 0 aliphatic carbocycles. The van der Waals surface area contributed by atoms with Gasteiger partial charge in [0.2, 0.25) is 0 Å². The van der Waals surface area contributed by atoms with Crippen LogP contribution in [-0.2, 0) is 30.2 Å². The summed E-state index contributed by atoms with van der Waals surface area (Å²) in [5, 5.41) is 5.82. The molecule has 0 aliphatic rings. The van der Waals surface area contributed by atoms with Crippen LogP contribution in [0.15, 0.2) is 121 Å². The Kier molecular flexibility index (Phi) is 10.6. The number of rotatable bonds is 11. The van der Waals surface area contributed by atoms with Gasteiger partial charge in [0.15, 0.2) is 0 Å². The molecular formula is C31H32F3O3P2PdS. The van der Waals surface area contributed by atoms with Gasteiger partial charge >= 0.3 is 251 Å². The van der Waals surface area contributed by atoms with Gasteiger partial charge in [0.05, 0.1) is 0 Å². The standard InChI is InChI=1S/C29H29P2.CHF3O3S.CH3.Pd/c1-29(2,23-30(25-15-7-3-8-16-25)26-17-9-4-10-18-26)24-31(27-19-11-5-12-20-27)28-21-13-6-14-22-28;2-1(3,4)8(5,6)7;;/h3-23H,24H2,1-2H3;(H,5,6,7);1H3;/q;;;+1/p-1. The van der Waals surface area contributed by atoms with Gasteiger partial charge in [-0.2, -0.15) is 0 Å². The quantitative estimate of drug-likeness (QED) is 0.0953. The molecule has 0 saturated carbocycles. The molecule has 4 aromatic rings. The topological polar surface area (TPSA) is 43.4 Å². The molecular weight excluding hydrogens is 678 g/mol. The van der Waals surface area contributed by atoms with E-state index in [0.717, 1.165) is 21.2 Å². The van der Waals surface area contributed by atoms with Gasteiger partial charge in [-0.05, 0) is 0 Å². The van der Waals surface area contributed by atoms with Crippen molar-refractivity contribution in [2.45, 2.75) is 28.9 Å². The third kappa shape index (κ3) is 7.94. The predicted octanol–water partition coefficient (Wildman–Crippen LogP) is 7.05. The average molecular weight is 710 g/mol. The van der Waals surface area contributed by atoms with Gasteiger partial charge in [0.1, 0.15) is 0 Å². The molecule has 10 heteroatoms. The number of benzene rings is 4. The van der Waals surface area contributed by atoms with Crippen LogP contribution in [0.3, 0.4) is 0 Å². The van der Waals surface area contributed by atoms with E-state index in [9.17, 15) is 21.6 Å². The predicted molar refractivity (Wildman–Crippen MR) is 163 cm³/mol. The Balaban J connectivity index is 1.88. The second-order valence-electron chi connectivity index (χ2n) is 9.93. The molecule has 0 bridgehead atoms. The first-order valence-corrected chi connectivity index (χ1v) is 20.1. The van der Waals surface area contributed by atoms with Gasteiger partial charge in [0, 0.05) is 0 Å². The Morgan fingerprint density at radius 1 is 0.683 bits per heavy atom. The number of halogens is 3. The molecule has 4 aromatic carbocycles. The summed E-state index contributed by atoms with van der Waals surface area (Å²) < 4.78 is 70.1. The van der Waals surface area contributed by atoms with Crippen molar-refractivity contribution in [2.75, 3.05) is 6.16 Å². The zero-order chi connectivity index (χ0) is 29.7. The second-order valence-corrected chi connectivity index (χ2v) is 20.1. The van der Waals surface area contributed by atoms with Crippen molar-refractivity contribution in [1.82, 2.24) is 0 Å². The van der Waals surface area contributed by atoms with Crippen LogP contribution in [0.4, 0.5) is 13.2 Å². The molecule has 0 aliphatic heterocycles. The Morgan fingerprint density at radius 3 is 1.37 bits per heavy atom. The van der Waals surface area contributed by atoms with Gasteiger partial charge < -0.3 is 0 Å². The van der Waals surface area contributed by atoms with E-state index >= 15 is 0 Å². The van der Waals surface area contributed by atoms with Crippen molar-refractivity contribution >= 4 is 47.2 Å². The van der Waals surface area contributed by atoms with Crippen molar-refractivity contribution < 1.29 is 41.6 Å². The van der Waals surface area contributed by atoms with E-state index < -0.39 is 58.1 Å². The van der Waals surface area contributed by atoms with Crippen molar-refractivity contribution in [1.29, 1.82) is 0 Å². The molecule has 1 unspecified atom stereocenters. The van der Waals surface area contributed by atoms with Crippen molar-refractivity contribution in [3.63, 3.8) is 0 Å². The minimum absolute atomic E-state index is 0.470. The zero-order valence-electron chi connectivity index (χ0n) is 22.8. The molecule has 0 heterocycles. The van der Waals surface area contributed by atoms with E-state index in [1.807, 2.05) is 97.1 Å². The van der Waals surface area contributed by atoms with Gasteiger partial charge in [-0.3, -0.25) is 0 Å². The first-order chi connectivity index (χ1) is 19.4. The Labute approximate surface area is 249 Å². The molecule has 0 fully saturated rings. The zero-order valence-corrected chi connectivity index (χ0v) is 27.0. The summed E-state index contributed by atoms with van der Waals surface area (Å²) in [4.78, 5) is 0. The molecule has 0 radical (unpaired) electrons. The monoisotopic (exact) mass is 709 g/mol. The van der Waals surface area contributed by atoms with Gasteiger partial charge in [-0.1, -0.05) is 0 Å². The van der Waals surface area contributed by atoms with Crippen molar-refractivity contribution in [2.24, 2.45) is 5.41 Å². The van der Waals surface area contributed by atoms with Gasteiger partial charge in [-0.15, -0.1) is 0 Å². The van der Waals surface area contributed by atoms with Crippen LogP contribution >= 0.6 is 15.8 Å². The third-order valence-electron chi connectivity index (χ3n) is 6.26. The number of alkyl halides is 3. The number of hydrogen-bond donors (Lipinski definition) is 0. The van der Waals surface area contributed by atoms with E-state index in [-0.39, 0.29) is 0 Å². The fourth-order valence-electron chi connectivity index (χ4n) is 4.57. The maximum absolute atomic E-state index is 13.6. The normalized spacial score (nSPS) is 13.8. The first kappa shape index (κ1) is 32.0. The molecule has 0 aromatic heterocycles. The Bertz CT molecular complexity index is 1410. The summed E-state index contributed by atoms with van der Waals surface area (Å²) >= 11 is -2.79. The molecule has 0 N–H and O–H groups in total. The third-order valence-corrected chi connectivity index (χ3v) is 20.2. The summed E-state index contributed by atoms with van der Waals surface area (Å²) in [6.07, 6.45) is 0.640. The van der Waals surface area contributed by atoms with Crippen LogP contribution in [0, 0.1) is 5.41 Å². The maximum atomic E-state index is 13.6. The number of hydrogen-bond acceptors (Lipinski definition) is 3. The fraction of sp³-hybridized carbons (Fsp3) is 0.226. The van der Waals surface area contributed by atoms with Crippen LogP contribution in [-0.4, -0.2) is 24.2 Å². The van der Waals surface area contributed by atoms with Gasteiger partial charge in [0.25, 0.3) is 0 Å². The van der Waals surface area contributed by atoms with Gasteiger partial charge in [-0.25, -0.2) is 0 Å². The van der Waals surface area contributed by atoms with E-state index in [2.05, 4.69) is 38.1 Å². The molecule has 4 rings (SSSR count). The minimum atomic E-state index is -5.77. The molecule has 3 nitrogen and oxygen atoms in total. The molecule has 1 atom stereocenters. The molecule has 0 spiro atoms. The van der Waals surface area contributed by atoms with Crippen molar-refractivity contribution in [3.05, 3.63) is 121 Å². The Hall–Kier alpha value is -1.90. The molecule has 41 heavy (non-hydrogen) atoms. The van der Waals surface area contributed by atoms with Crippen LogP contribution in [0.25, 0.3) is 0 Å². The molecule has 221 valence electrons. The van der Waals surface area contributed by atoms with E-state index in [4.69, 9.17) is 2.91 Å². The van der Waals surface area contributed by atoms with E-state index in [1.54, 1.807) is 5.40 Å². The van der Waals surface area contributed by atoms with Crippen LogP contribution in [0.2, 0.25) is 5.40 Å². The van der Waals surface area contributed by atoms with Crippen LogP contribution < -0.4 is 21.2 Å². The summed E-state index contributed by atoms with van der Waals surface area (Å²) in [7, 11) is -7.97. The Morgan fingerprint density at radius 2 is 1.02 bits per heavy atom.